The first-order valence-corrected chi connectivity index (χ1v) is 10.2. The molecule has 1 atom stereocenters. The third-order valence-corrected chi connectivity index (χ3v) is 5.32. The number of fused-ring (bicyclic) bond motifs is 1. The predicted molar refractivity (Wildman–Crippen MR) is 109 cm³/mol. The van der Waals surface area contributed by atoms with E-state index in [4.69, 9.17) is 9.47 Å². The van der Waals surface area contributed by atoms with Crippen molar-refractivity contribution in [2.24, 2.45) is 0 Å². The van der Waals surface area contributed by atoms with Gasteiger partial charge in [-0.05, 0) is 42.5 Å². The molecule has 0 aromatic heterocycles. The van der Waals surface area contributed by atoms with Crippen molar-refractivity contribution in [3.05, 3.63) is 59.7 Å². The average Bonchev–Trinajstić information content (AvgIpc) is 3.57. The van der Waals surface area contributed by atoms with Crippen LogP contribution in [0.25, 0.3) is 0 Å². The number of nitrogens with zero attached hydrogens (tertiary/aromatic N) is 1. The second-order valence-corrected chi connectivity index (χ2v) is 7.61. The topological polar surface area (TPSA) is 50.8 Å². The minimum absolute atomic E-state index is 0.0412. The van der Waals surface area contributed by atoms with E-state index < -0.39 is 0 Å². The summed E-state index contributed by atoms with van der Waals surface area (Å²) in [7, 11) is 0. The van der Waals surface area contributed by atoms with Gasteiger partial charge in [0.15, 0.2) is 11.5 Å². The number of benzene rings is 2. The van der Waals surface area contributed by atoms with Crippen LogP contribution in [0.3, 0.4) is 0 Å². The van der Waals surface area contributed by atoms with Crippen LogP contribution in [0.4, 0.5) is 0 Å². The number of para-hydroxylation sites is 2. The van der Waals surface area contributed by atoms with Crippen LogP contribution < -0.4 is 14.8 Å². The molecule has 28 heavy (non-hydrogen) atoms. The zero-order chi connectivity index (χ0) is 19.3. The lowest BCUT2D eigenvalue weighted by Gasteiger charge is -2.27. The van der Waals surface area contributed by atoms with Gasteiger partial charge < -0.3 is 14.8 Å². The molecule has 1 aliphatic carbocycles. The van der Waals surface area contributed by atoms with Crippen LogP contribution in [-0.4, -0.2) is 42.6 Å². The molecule has 0 radical (unpaired) electrons. The van der Waals surface area contributed by atoms with Gasteiger partial charge in [0, 0.05) is 12.6 Å². The van der Waals surface area contributed by atoms with Gasteiger partial charge >= 0.3 is 0 Å². The van der Waals surface area contributed by atoms with Crippen molar-refractivity contribution in [1.29, 1.82) is 0 Å². The number of rotatable bonds is 8. The Kier molecular flexibility index (Phi) is 5.81. The van der Waals surface area contributed by atoms with E-state index >= 15 is 0 Å². The third-order valence-electron chi connectivity index (χ3n) is 5.32. The summed E-state index contributed by atoms with van der Waals surface area (Å²) in [6, 6.07) is 16.9. The van der Waals surface area contributed by atoms with E-state index in [9.17, 15) is 4.79 Å². The number of carbonyl (C=O) groups is 1. The van der Waals surface area contributed by atoms with E-state index in [-0.39, 0.29) is 12.0 Å². The summed E-state index contributed by atoms with van der Waals surface area (Å²) in [5.41, 5.74) is 2.60. The number of aryl methyl sites for hydroxylation is 1. The maximum atomic E-state index is 12.5. The van der Waals surface area contributed by atoms with Crippen LogP contribution in [0.5, 0.6) is 11.5 Å². The van der Waals surface area contributed by atoms with Gasteiger partial charge in [0.25, 0.3) is 0 Å². The monoisotopic (exact) mass is 380 g/mol. The molecule has 2 aromatic rings. The molecule has 148 valence electrons. The highest BCUT2D eigenvalue weighted by Crippen LogP contribution is 2.31. The Hall–Kier alpha value is -2.53. The maximum Gasteiger partial charge on any atom is 0.234 e. The van der Waals surface area contributed by atoms with Gasteiger partial charge in [-0.3, -0.25) is 9.69 Å². The molecular formula is C23H28N2O3. The van der Waals surface area contributed by atoms with Gasteiger partial charge in [-0.1, -0.05) is 43.3 Å². The Morgan fingerprint density at radius 3 is 2.50 bits per heavy atom. The summed E-state index contributed by atoms with van der Waals surface area (Å²) in [5.74, 6) is 1.54. The minimum atomic E-state index is -0.158. The van der Waals surface area contributed by atoms with Gasteiger partial charge in [0.1, 0.15) is 12.7 Å². The zero-order valence-corrected chi connectivity index (χ0v) is 16.4. The Morgan fingerprint density at radius 2 is 1.79 bits per heavy atom. The lowest BCUT2D eigenvalue weighted by molar-refractivity contribution is -0.123. The highest BCUT2D eigenvalue weighted by atomic mass is 16.6. The SMILES string of the molecule is CCc1ccc(CN(CC(=O)NCC2COc3ccccc3O2)C2CC2)cc1. The normalized spacial score (nSPS) is 18.1. The summed E-state index contributed by atoms with van der Waals surface area (Å²) < 4.78 is 11.6. The van der Waals surface area contributed by atoms with Crippen LogP contribution in [0.1, 0.15) is 30.9 Å². The Balaban J connectivity index is 1.27. The Morgan fingerprint density at radius 1 is 1.07 bits per heavy atom. The number of carbonyl (C=O) groups excluding carboxylic acids is 1. The van der Waals surface area contributed by atoms with Crippen LogP contribution in [0.2, 0.25) is 0 Å². The lowest BCUT2D eigenvalue weighted by atomic mass is 10.1. The molecule has 2 aromatic carbocycles. The van der Waals surface area contributed by atoms with Crippen molar-refractivity contribution in [3.63, 3.8) is 0 Å². The summed E-state index contributed by atoms with van der Waals surface area (Å²) in [4.78, 5) is 14.8. The van der Waals surface area contributed by atoms with Gasteiger partial charge in [0.2, 0.25) is 5.91 Å². The van der Waals surface area contributed by atoms with Crippen molar-refractivity contribution in [2.45, 2.75) is 44.9 Å². The molecule has 0 bridgehead atoms. The molecule has 4 rings (SSSR count). The van der Waals surface area contributed by atoms with Crippen LogP contribution in [0.15, 0.2) is 48.5 Å². The molecule has 0 saturated heterocycles. The predicted octanol–water partition coefficient (Wildman–Crippen LogP) is 3.17. The van der Waals surface area contributed by atoms with Crippen LogP contribution >= 0.6 is 0 Å². The molecule has 5 nitrogen and oxygen atoms in total. The molecule has 1 amide bonds. The second-order valence-electron chi connectivity index (χ2n) is 7.61. The summed E-state index contributed by atoms with van der Waals surface area (Å²) in [5, 5.41) is 3.01. The van der Waals surface area contributed by atoms with E-state index in [1.165, 1.54) is 24.0 Å². The zero-order valence-electron chi connectivity index (χ0n) is 16.4. The quantitative estimate of drug-likeness (QED) is 0.764. The van der Waals surface area contributed by atoms with E-state index in [1.807, 2.05) is 24.3 Å². The van der Waals surface area contributed by atoms with Gasteiger partial charge in [-0.15, -0.1) is 0 Å². The summed E-state index contributed by atoms with van der Waals surface area (Å²) in [6.45, 7) is 4.31. The van der Waals surface area contributed by atoms with Crippen molar-refractivity contribution < 1.29 is 14.3 Å². The third kappa shape index (κ3) is 4.84. The fraction of sp³-hybridized carbons (Fsp3) is 0.435. The average molecular weight is 380 g/mol. The molecule has 1 fully saturated rings. The molecule has 1 unspecified atom stereocenters. The lowest BCUT2D eigenvalue weighted by Crippen LogP contribution is -2.44. The molecule has 5 heteroatoms. The van der Waals surface area contributed by atoms with E-state index in [0.717, 1.165) is 24.5 Å². The fourth-order valence-electron chi connectivity index (χ4n) is 3.50. The fourth-order valence-corrected chi connectivity index (χ4v) is 3.50. The van der Waals surface area contributed by atoms with Crippen LogP contribution in [0, 0.1) is 0 Å². The van der Waals surface area contributed by atoms with Crippen molar-refractivity contribution in [3.8, 4) is 11.5 Å². The molecule has 2 aliphatic rings. The standard InChI is InChI=1S/C23H28N2O3/c1-2-17-7-9-18(10-8-17)14-25(19-11-12-19)15-23(26)24-13-20-16-27-21-5-3-4-6-22(21)28-20/h3-10,19-20H,2,11-16H2,1H3,(H,24,26). The second kappa shape index (κ2) is 8.65. The summed E-state index contributed by atoms with van der Waals surface area (Å²) in [6.07, 6.45) is 3.25. The number of hydrogen-bond donors (Lipinski definition) is 1. The largest absolute Gasteiger partial charge is 0.486 e. The Bertz CT molecular complexity index is 802. The molecule has 1 aliphatic heterocycles. The first-order chi connectivity index (χ1) is 13.7. The first kappa shape index (κ1) is 18.8. The minimum Gasteiger partial charge on any atom is -0.486 e. The summed E-state index contributed by atoms with van der Waals surface area (Å²) >= 11 is 0. The highest BCUT2D eigenvalue weighted by Gasteiger charge is 2.30. The molecular weight excluding hydrogens is 352 g/mol. The van der Waals surface area contributed by atoms with Crippen molar-refractivity contribution in [2.75, 3.05) is 19.7 Å². The van der Waals surface area contributed by atoms with Gasteiger partial charge in [-0.2, -0.15) is 0 Å². The first-order valence-electron chi connectivity index (χ1n) is 10.2. The molecule has 1 N–H and O–H groups in total. The number of hydrogen-bond acceptors (Lipinski definition) is 4. The van der Waals surface area contributed by atoms with Gasteiger partial charge in [0.05, 0.1) is 13.1 Å². The van der Waals surface area contributed by atoms with E-state index in [0.29, 0.717) is 25.7 Å². The smallest absolute Gasteiger partial charge is 0.234 e. The number of ether oxygens (including phenoxy) is 2. The maximum absolute atomic E-state index is 12.5. The van der Waals surface area contributed by atoms with Crippen LogP contribution in [-0.2, 0) is 17.8 Å². The van der Waals surface area contributed by atoms with Crippen molar-refractivity contribution in [1.82, 2.24) is 10.2 Å². The molecule has 0 spiro atoms. The van der Waals surface area contributed by atoms with Gasteiger partial charge in [-0.25, -0.2) is 0 Å². The van der Waals surface area contributed by atoms with E-state index in [2.05, 4.69) is 41.4 Å². The Labute approximate surface area is 166 Å². The molecule has 1 saturated carbocycles. The molecule has 1 heterocycles. The van der Waals surface area contributed by atoms with E-state index in [1.54, 1.807) is 0 Å². The highest BCUT2D eigenvalue weighted by molar-refractivity contribution is 5.78. The number of nitrogens with one attached hydrogen (secondary N) is 1. The van der Waals surface area contributed by atoms with Crippen molar-refractivity contribution >= 4 is 5.91 Å². The number of amides is 1.